The van der Waals surface area contributed by atoms with Gasteiger partial charge in [-0.2, -0.15) is 5.10 Å². The van der Waals surface area contributed by atoms with Crippen molar-refractivity contribution in [1.82, 2.24) is 25.0 Å². The molecule has 7 nitrogen and oxygen atoms in total. The Morgan fingerprint density at radius 1 is 1.22 bits per heavy atom. The van der Waals surface area contributed by atoms with E-state index in [1.54, 1.807) is 24.5 Å². The van der Waals surface area contributed by atoms with Crippen LogP contribution < -0.4 is 0 Å². The molecule has 1 N–H and O–H groups in total. The quantitative estimate of drug-likeness (QED) is 0.898. The lowest BCUT2D eigenvalue weighted by molar-refractivity contribution is -0.137. The van der Waals surface area contributed by atoms with Crippen LogP contribution in [-0.2, 0) is 4.79 Å². The van der Waals surface area contributed by atoms with Crippen LogP contribution in [0.5, 0.6) is 0 Å². The van der Waals surface area contributed by atoms with E-state index in [0.29, 0.717) is 31.5 Å². The molecule has 0 unspecified atom stereocenters. The first-order valence-corrected chi connectivity index (χ1v) is 9.37. The van der Waals surface area contributed by atoms with E-state index in [1.165, 1.54) is 0 Å². The lowest BCUT2D eigenvalue weighted by atomic mass is 9.93. The highest BCUT2D eigenvalue weighted by Crippen LogP contribution is 2.28. The fourth-order valence-corrected chi connectivity index (χ4v) is 3.85. The molecule has 1 aliphatic rings. The molecule has 3 rings (SSSR count). The fourth-order valence-electron chi connectivity index (χ4n) is 3.85. The minimum Gasteiger partial charge on any atom is -0.339 e. The Morgan fingerprint density at radius 2 is 1.85 bits per heavy atom. The number of aromatic nitrogens is 3. The molecule has 27 heavy (non-hydrogen) atoms. The number of piperidine rings is 1. The van der Waals surface area contributed by atoms with Crippen molar-refractivity contribution in [3.63, 3.8) is 0 Å². The van der Waals surface area contributed by atoms with Crippen molar-refractivity contribution in [2.24, 2.45) is 5.92 Å². The summed E-state index contributed by atoms with van der Waals surface area (Å²) >= 11 is 0. The molecule has 1 atom stereocenters. The molecule has 3 heterocycles. The van der Waals surface area contributed by atoms with Crippen molar-refractivity contribution >= 4 is 11.8 Å². The van der Waals surface area contributed by atoms with Gasteiger partial charge in [0, 0.05) is 55.3 Å². The largest absolute Gasteiger partial charge is 0.339 e. The summed E-state index contributed by atoms with van der Waals surface area (Å²) in [5, 5.41) is 7.23. The smallest absolute Gasteiger partial charge is 0.253 e. The maximum Gasteiger partial charge on any atom is 0.253 e. The Morgan fingerprint density at radius 3 is 2.41 bits per heavy atom. The van der Waals surface area contributed by atoms with Crippen molar-refractivity contribution < 1.29 is 9.59 Å². The number of amides is 2. The summed E-state index contributed by atoms with van der Waals surface area (Å²) < 4.78 is 0. The second-order valence-corrected chi connectivity index (χ2v) is 7.28. The van der Waals surface area contributed by atoms with Crippen LogP contribution in [0.25, 0.3) is 0 Å². The maximum atomic E-state index is 13.0. The molecular formula is C20H27N5O2. The third-order valence-corrected chi connectivity index (χ3v) is 5.59. The molecule has 144 valence electrons. The standard InChI is InChI=1S/C20H27N5O2/c1-13-18(14(2)23-22-13)15(3)24(4)19(26)17-7-11-25(12-8-17)20(27)16-5-9-21-10-6-16/h5-6,9-10,15,17H,7-8,11-12H2,1-4H3,(H,22,23)/t15-/m0/s1. The normalized spacial score (nSPS) is 16.2. The van der Waals surface area contributed by atoms with Crippen molar-refractivity contribution in [1.29, 1.82) is 0 Å². The molecule has 7 heteroatoms. The SMILES string of the molecule is Cc1n[nH]c(C)c1[C@H](C)N(C)C(=O)C1CCN(C(=O)c2ccncc2)CC1. The third-order valence-electron chi connectivity index (χ3n) is 5.59. The molecule has 1 aliphatic heterocycles. The molecular weight excluding hydrogens is 342 g/mol. The average molecular weight is 369 g/mol. The van der Waals surface area contributed by atoms with E-state index < -0.39 is 0 Å². The molecule has 0 saturated carbocycles. The lowest BCUT2D eigenvalue weighted by Crippen LogP contribution is -2.44. The van der Waals surface area contributed by atoms with Gasteiger partial charge in [0.2, 0.25) is 5.91 Å². The van der Waals surface area contributed by atoms with E-state index in [2.05, 4.69) is 15.2 Å². The lowest BCUT2D eigenvalue weighted by Gasteiger charge is -2.35. The van der Waals surface area contributed by atoms with Gasteiger partial charge in [-0.05, 0) is 45.7 Å². The summed E-state index contributed by atoms with van der Waals surface area (Å²) in [5.41, 5.74) is 3.65. The highest BCUT2D eigenvalue weighted by molar-refractivity contribution is 5.94. The number of nitrogens with zero attached hydrogens (tertiary/aromatic N) is 4. The molecule has 0 spiro atoms. The van der Waals surface area contributed by atoms with E-state index in [-0.39, 0.29) is 23.8 Å². The van der Waals surface area contributed by atoms with Crippen molar-refractivity contribution in [3.8, 4) is 0 Å². The zero-order valence-corrected chi connectivity index (χ0v) is 16.4. The number of hydrogen-bond acceptors (Lipinski definition) is 4. The number of nitrogens with one attached hydrogen (secondary N) is 1. The highest BCUT2D eigenvalue weighted by atomic mass is 16.2. The van der Waals surface area contributed by atoms with Crippen LogP contribution in [0.1, 0.15) is 53.1 Å². The van der Waals surface area contributed by atoms with Gasteiger partial charge in [0.15, 0.2) is 0 Å². The second-order valence-electron chi connectivity index (χ2n) is 7.28. The van der Waals surface area contributed by atoms with Gasteiger partial charge in [-0.1, -0.05) is 0 Å². The third kappa shape index (κ3) is 3.86. The highest BCUT2D eigenvalue weighted by Gasteiger charge is 2.32. The Hall–Kier alpha value is -2.70. The molecule has 0 radical (unpaired) electrons. The number of H-pyrrole nitrogens is 1. The predicted molar refractivity (Wildman–Crippen MR) is 102 cm³/mol. The average Bonchev–Trinajstić information content (AvgIpc) is 3.04. The second kappa shape index (κ2) is 7.90. The first-order valence-electron chi connectivity index (χ1n) is 9.37. The Balaban J connectivity index is 1.60. The molecule has 0 aliphatic carbocycles. The molecule has 2 amide bonds. The Kier molecular flexibility index (Phi) is 5.58. The number of pyridine rings is 1. The molecule has 2 aromatic heterocycles. The van der Waals surface area contributed by atoms with Gasteiger partial charge < -0.3 is 9.80 Å². The van der Waals surface area contributed by atoms with Gasteiger partial charge in [-0.25, -0.2) is 0 Å². The zero-order valence-electron chi connectivity index (χ0n) is 16.4. The van der Waals surface area contributed by atoms with Gasteiger partial charge in [0.1, 0.15) is 0 Å². The van der Waals surface area contributed by atoms with Crippen LogP contribution in [0.4, 0.5) is 0 Å². The van der Waals surface area contributed by atoms with Crippen LogP contribution in [0, 0.1) is 19.8 Å². The van der Waals surface area contributed by atoms with Crippen LogP contribution in [0.3, 0.4) is 0 Å². The maximum absolute atomic E-state index is 13.0. The summed E-state index contributed by atoms with van der Waals surface area (Å²) in [6.45, 7) is 7.17. The molecule has 0 bridgehead atoms. The summed E-state index contributed by atoms with van der Waals surface area (Å²) in [6, 6.07) is 3.42. The molecule has 1 fully saturated rings. The number of carbonyl (C=O) groups is 2. The number of likely N-dealkylation sites (tertiary alicyclic amines) is 1. The van der Waals surface area contributed by atoms with Gasteiger partial charge in [0.25, 0.3) is 5.91 Å². The summed E-state index contributed by atoms with van der Waals surface area (Å²) in [7, 11) is 1.85. The van der Waals surface area contributed by atoms with Crippen LogP contribution >= 0.6 is 0 Å². The number of aryl methyl sites for hydroxylation is 2. The van der Waals surface area contributed by atoms with Crippen molar-refractivity contribution in [3.05, 3.63) is 47.0 Å². The summed E-state index contributed by atoms with van der Waals surface area (Å²) in [5.74, 6) is 0.0969. The van der Waals surface area contributed by atoms with Crippen LogP contribution in [0.2, 0.25) is 0 Å². The van der Waals surface area contributed by atoms with E-state index in [4.69, 9.17) is 0 Å². The minimum absolute atomic E-state index is 0.00895. The minimum atomic E-state index is -0.0496. The summed E-state index contributed by atoms with van der Waals surface area (Å²) in [6.07, 6.45) is 4.63. The zero-order chi connectivity index (χ0) is 19.6. The van der Waals surface area contributed by atoms with E-state index >= 15 is 0 Å². The van der Waals surface area contributed by atoms with E-state index in [9.17, 15) is 9.59 Å². The first kappa shape index (κ1) is 19.1. The number of aromatic amines is 1. The monoisotopic (exact) mass is 369 g/mol. The van der Waals surface area contributed by atoms with Gasteiger partial charge in [0.05, 0.1) is 11.7 Å². The van der Waals surface area contributed by atoms with Gasteiger partial charge in [-0.15, -0.1) is 0 Å². The molecule has 0 aromatic carbocycles. The molecule has 2 aromatic rings. The Labute approximate surface area is 159 Å². The first-order chi connectivity index (χ1) is 12.9. The number of hydrogen-bond donors (Lipinski definition) is 1. The van der Waals surface area contributed by atoms with Crippen molar-refractivity contribution in [2.45, 2.75) is 39.7 Å². The Bertz CT molecular complexity index is 790. The topological polar surface area (TPSA) is 82.2 Å². The van der Waals surface area contributed by atoms with E-state index in [0.717, 1.165) is 17.0 Å². The van der Waals surface area contributed by atoms with E-state index in [1.807, 2.05) is 37.6 Å². The van der Waals surface area contributed by atoms with Gasteiger partial charge in [-0.3, -0.25) is 19.7 Å². The van der Waals surface area contributed by atoms with Crippen LogP contribution in [0.15, 0.2) is 24.5 Å². The fraction of sp³-hybridized carbons (Fsp3) is 0.500. The number of carbonyl (C=O) groups excluding carboxylic acids is 2. The summed E-state index contributed by atoms with van der Waals surface area (Å²) in [4.78, 5) is 33.1. The number of rotatable bonds is 4. The predicted octanol–water partition coefficient (Wildman–Crippen LogP) is 2.49. The van der Waals surface area contributed by atoms with Gasteiger partial charge >= 0.3 is 0 Å². The van der Waals surface area contributed by atoms with Crippen LogP contribution in [-0.4, -0.2) is 56.9 Å². The van der Waals surface area contributed by atoms with Crippen molar-refractivity contribution in [2.75, 3.05) is 20.1 Å². The molecule has 1 saturated heterocycles.